The molecule has 3 N–H and O–H groups in total. The fourth-order valence-corrected chi connectivity index (χ4v) is 3.32. The van der Waals surface area contributed by atoms with Gasteiger partial charge in [-0.25, -0.2) is 4.79 Å². The number of hydrogen-bond donors (Lipinski definition) is 3. The molecule has 1 saturated carbocycles. The summed E-state index contributed by atoms with van der Waals surface area (Å²) in [5.74, 6) is 0.0178. The van der Waals surface area contributed by atoms with Crippen LogP contribution >= 0.6 is 0 Å². The lowest BCUT2D eigenvalue weighted by molar-refractivity contribution is -0.118. The molecule has 3 aromatic rings. The molecule has 0 spiro atoms. The van der Waals surface area contributed by atoms with Crippen LogP contribution < -0.4 is 10.6 Å². The highest BCUT2D eigenvalue weighted by atomic mass is 16.3. The monoisotopic (exact) mass is 418 g/mol. The molecule has 0 aliphatic heterocycles. The van der Waals surface area contributed by atoms with Crippen molar-refractivity contribution in [3.05, 3.63) is 65.9 Å². The molecule has 160 valence electrons. The number of carbonyl (C=O) groups is 2. The smallest absolute Gasteiger partial charge is 0.342 e. The van der Waals surface area contributed by atoms with Gasteiger partial charge in [0.2, 0.25) is 5.91 Å². The minimum Gasteiger partial charge on any atom is -0.507 e. The normalized spacial score (nSPS) is 13.3. The highest BCUT2D eigenvalue weighted by Gasteiger charge is 2.30. The molecule has 0 saturated heterocycles. The van der Waals surface area contributed by atoms with Crippen LogP contribution in [0.5, 0.6) is 5.75 Å². The van der Waals surface area contributed by atoms with E-state index >= 15 is 0 Å². The number of amides is 2. The van der Waals surface area contributed by atoms with Crippen LogP contribution in [-0.2, 0) is 11.3 Å². The van der Waals surface area contributed by atoms with E-state index in [0.717, 1.165) is 24.1 Å². The molecule has 7 nitrogen and oxygen atoms in total. The molecule has 0 atom stereocenters. The van der Waals surface area contributed by atoms with E-state index in [-0.39, 0.29) is 23.6 Å². The van der Waals surface area contributed by atoms with Crippen molar-refractivity contribution in [3.63, 3.8) is 0 Å². The van der Waals surface area contributed by atoms with Gasteiger partial charge in [-0.3, -0.25) is 4.79 Å². The molecule has 2 aromatic carbocycles. The van der Waals surface area contributed by atoms with E-state index in [1.807, 2.05) is 36.4 Å². The summed E-state index contributed by atoms with van der Waals surface area (Å²) in [6, 6.07) is 16.2. The van der Waals surface area contributed by atoms with Crippen molar-refractivity contribution >= 4 is 17.6 Å². The van der Waals surface area contributed by atoms with Gasteiger partial charge in [0.15, 0.2) is 0 Å². The molecule has 0 radical (unpaired) electrons. The second kappa shape index (κ2) is 8.63. The summed E-state index contributed by atoms with van der Waals surface area (Å²) < 4.78 is 1.41. The Morgan fingerprint density at radius 2 is 1.87 bits per heavy atom. The number of carbonyl (C=O) groups excluding carboxylic acids is 2. The van der Waals surface area contributed by atoms with Crippen molar-refractivity contribution in [1.82, 2.24) is 15.1 Å². The molecule has 7 heteroatoms. The van der Waals surface area contributed by atoms with Crippen LogP contribution in [0.3, 0.4) is 0 Å². The molecular weight excluding hydrogens is 392 g/mol. The molecule has 1 aliphatic carbocycles. The van der Waals surface area contributed by atoms with Crippen molar-refractivity contribution in [1.29, 1.82) is 0 Å². The van der Waals surface area contributed by atoms with Crippen molar-refractivity contribution in [2.24, 2.45) is 5.92 Å². The van der Waals surface area contributed by atoms with Crippen molar-refractivity contribution in [3.8, 4) is 17.0 Å². The number of nitrogens with zero attached hydrogens (tertiary/aromatic N) is 2. The third-order valence-corrected chi connectivity index (χ3v) is 5.28. The first-order valence-electron chi connectivity index (χ1n) is 10.5. The number of hydrogen-bond acceptors (Lipinski definition) is 4. The van der Waals surface area contributed by atoms with E-state index in [1.165, 1.54) is 10.7 Å². The van der Waals surface area contributed by atoms with Crippen molar-refractivity contribution in [2.75, 3.05) is 5.32 Å². The second-order valence-electron chi connectivity index (χ2n) is 8.16. The highest BCUT2D eigenvalue weighted by molar-refractivity contribution is 5.92. The molecule has 0 bridgehead atoms. The summed E-state index contributed by atoms with van der Waals surface area (Å²) in [4.78, 5) is 24.7. The fourth-order valence-electron chi connectivity index (χ4n) is 3.32. The number of rotatable bonds is 6. The number of anilines is 1. The first-order chi connectivity index (χ1) is 14.9. The van der Waals surface area contributed by atoms with Crippen molar-refractivity contribution in [2.45, 2.75) is 39.2 Å². The third-order valence-electron chi connectivity index (χ3n) is 5.28. The molecule has 31 heavy (non-hydrogen) atoms. The maximum absolute atomic E-state index is 12.8. The zero-order valence-electron chi connectivity index (χ0n) is 17.6. The Hall–Kier alpha value is -3.61. The summed E-state index contributed by atoms with van der Waals surface area (Å²) in [5, 5.41) is 20.7. The van der Waals surface area contributed by atoms with Gasteiger partial charge in [0.1, 0.15) is 5.75 Å². The van der Waals surface area contributed by atoms with Crippen LogP contribution in [0.25, 0.3) is 11.3 Å². The highest BCUT2D eigenvalue weighted by Crippen LogP contribution is 2.42. The Kier molecular flexibility index (Phi) is 5.75. The minimum absolute atomic E-state index is 0.00162. The van der Waals surface area contributed by atoms with Gasteiger partial charge < -0.3 is 15.7 Å². The van der Waals surface area contributed by atoms with Crippen LogP contribution in [0.1, 0.15) is 43.9 Å². The quantitative estimate of drug-likeness (QED) is 0.550. The average molecular weight is 418 g/mol. The lowest BCUT2D eigenvalue weighted by Gasteiger charge is -2.09. The fraction of sp³-hybridized carbons (Fsp3) is 0.292. The van der Waals surface area contributed by atoms with Gasteiger partial charge in [0.25, 0.3) is 0 Å². The van der Waals surface area contributed by atoms with Gasteiger partial charge in [-0.2, -0.15) is 9.78 Å². The Morgan fingerprint density at radius 1 is 1.13 bits per heavy atom. The van der Waals surface area contributed by atoms with Crippen LogP contribution in [-0.4, -0.2) is 26.8 Å². The molecule has 0 unspecified atom stereocenters. The van der Waals surface area contributed by atoms with Gasteiger partial charge in [-0.05, 0) is 36.6 Å². The number of phenols is 1. The minimum atomic E-state index is -0.294. The number of benzene rings is 2. The zero-order valence-corrected chi connectivity index (χ0v) is 17.6. The van der Waals surface area contributed by atoms with E-state index in [4.69, 9.17) is 0 Å². The molecular formula is C24H26N4O3. The first-order valence-corrected chi connectivity index (χ1v) is 10.5. The first kappa shape index (κ1) is 20.7. The van der Waals surface area contributed by atoms with Crippen molar-refractivity contribution < 1.29 is 14.7 Å². The van der Waals surface area contributed by atoms with E-state index < -0.39 is 0 Å². The average Bonchev–Trinajstić information content (AvgIpc) is 3.51. The summed E-state index contributed by atoms with van der Waals surface area (Å²) in [7, 11) is 0. The zero-order chi connectivity index (χ0) is 22.0. The summed E-state index contributed by atoms with van der Waals surface area (Å²) in [6.07, 6.45) is 2.03. The predicted octanol–water partition coefficient (Wildman–Crippen LogP) is 4.49. The maximum Gasteiger partial charge on any atom is 0.342 e. The van der Waals surface area contributed by atoms with Gasteiger partial charge in [-0.1, -0.05) is 44.2 Å². The van der Waals surface area contributed by atoms with Gasteiger partial charge in [-0.15, -0.1) is 0 Å². The van der Waals surface area contributed by atoms with Crippen LogP contribution in [0.15, 0.2) is 54.6 Å². The molecule has 1 aliphatic rings. The Labute approximate surface area is 181 Å². The summed E-state index contributed by atoms with van der Waals surface area (Å²) in [6.45, 7) is 4.02. The maximum atomic E-state index is 12.8. The number of nitrogens with one attached hydrogen (secondary N) is 2. The van der Waals surface area contributed by atoms with Gasteiger partial charge in [0.05, 0.1) is 11.4 Å². The summed E-state index contributed by atoms with van der Waals surface area (Å²) in [5.41, 5.74) is 3.41. The lowest BCUT2D eigenvalue weighted by Crippen LogP contribution is -2.30. The van der Waals surface area contributed by atoms with E-state index in [1.54, 1.807) is 26.0 Å². The SMILES string of the molecule is CC(C)C(=O)Nc1ccc(-c2cc(C3CC3)n(C(=O)NCc3ccccc3)n2)c(O)c1. The second-order valence-corrected chi connectivity index (χ2v) is 8.16. The molecule has 1 fully saturated rings. The standard InChI is InChI=1S/C24H26N4O3/c1-15(2)23(30)26-18-10-11-19(22(29)12-18)20-13-21(17-8-9-17)28(27-20)24(31)25-14-16-6-4-3-5-7-16/h3-7,10-13,15,17,29H,8-9,14H2,1-2H3,(H,25,31)(H,26,30). The lowest BCUT2D eigenvalue weighted by atomic mass is 10.1. The van der Waals surface area contributed by atoms with E-state index in [2.05, 4.69) is 15.7 Å². The Bertz CT molecular complexity index is 1100. The molecule has 4 rings (SSSR count). The Morgan fingerprint density at radius 3 is 2.52 bits per heavy atom. The van der Waals surface area contributed by atoms with Crippen LogP contribution in [0.2, 0.25) is 0 Å². The topological polar surface area (TPSA) is 96.3 Å². The number of phenolic OH excluding ortho intramolecular Hbond substituents is 1. The molecule has 1 heterocycles. The van der Waals surface area contributed by atoms with Gasteiger partial charge >= 0.3 is 6.03 Å². The van der Waals surface area contributed by atoms with Crippen LogP contribution in [0, 0.1) is 5.92 Å². The number of aromatic hydroxyl groups is 1. The van der Waals surface area contributed by atoms with E-state index in [0.29, 0.717) is 29.4 Å². The van der Waals surface area contributed by atoms with E-state index in [9.17, 15) is 14.7 Å². The van der Waals surface area contributed by atoms with Gasteiger partial charge in [0, 0.05) is 35.7 Å². The molecule has 2 amide bonds. The van der Waals surface area contributed by atoms with Crippen LogP contribution in [0.4, 0.5) is 10.5 Å². The summed E-state index contributed by atoms with van der Waals surface area (Å²) >= 11 is 0. The third kappa shape index (κ3) is 4.77. The Balaban J connectivity index is 1.56. The predicted molar refractivity (Wildman–Crippen MR) is 119 cm³/mol. The molecule has 1 aromatic heterocycles. The number of aromatic nitrogens is 2. The largest absolute Gasteiger partial charge is 0.507 e.